The molecule has 0 radical (unpaired) electrons. The summed E-state index contributed by atoms with van der Waals surface area (Å²) >= 11 is 0. The lowest BCUT2D eigenvalue weighted by atomic mass is 10.2. The van der Waals surface area contributed by atoms with Gasteiger partial charge in [0.25, 0.3) is 11.9 Å². The van der Waals surface area contributed by atoms with Crippen LogP contribution < -0.4 is 4.74 Å². The van der Waals surface area contributed by atoms with Crippen LogP contribution in [-0.2, 0) is 4.79 Å². The minimum absolute atomic E-state index is 0.0825. The maximum Gasteiger partial charge on any atom is 0.326 e. The summed E-state index contributed by atoms with van der Waals surface area (Å²) in [4.78, 5) is 24.8. The van der Waals surface area contributed by atoms with Crippen molar-refractivity contribution < 1.29 is 23.8 Å². The Balaban J connectivity index is 1.73. The van der Waals surface area contributed by atoms with Crippen molar-refractivity contribution in [1.82, 2.24) is 4.90 Å². The fraction of sp³-hybridized carbons (Fsp3) is 0.250. The summed E-state index contributed by atoms with van der Waals surface area (Å²) in [5.74, 6) is -0.536. The standard InChI is InChI=1S/C16H15NO5/c18-15(17-10-4-7-12(17)16(19)20)13-8-9-14(22-13)21-11-5-2-1-3-6-11/h1-3,5-6,8-9,12H,4,7,10H2,(H,19,20)/t12-/m1/s1. The highest BCUT2D eigenvalue weighted by molar-refractivity contribution is 5.94. The Labute approximate surface area is 126 Å². The van der Waals surface area contributed by atoms with Crippen LogP contribution in [0.25, 0.3) is 0 Å². The predicted octanol–water partition coefficient (Wildman–Crippen LogP) is 2.76. The van der Waals surface area contributed by atoms with Gasteiger partial charge in [-0.05, 0) is 31.0 Å². The smallest absolute Gasteiger partial charge is 0.326 e. The van der Waals surface area contributed by atoms with Crippen LogP contribution in [0.1, 0.15) is 23.4 Å². The van der Waals surface area contributed by atoms with Gasteiger partial charge in [-0.25, -0.2) is 4.79 Å². The SMILES string of the molecule is O=C(O)[C@H]1CCCN1C(=O)c1ccc(Oc2ccccc2)o1. The summed E-state index contributed by atoms with van der Waals surface area (Å²) in [6.45, 7) is 0.422. The number of carboxylic acid groups (broad SMARTS) is 1. The number of furan rings is 1. The van der Waals surface area contributed by atoms with E-state index in [2.05, 4.69) is 0 Å². The second kappa shape index (κ2) is 5.93. The van der Waals surface area contributed by atoms with Crippen molar-refractivity contribution in [3.8, 4) is 11.7 Å². The van der Waals surface area contributed by atoms with Gasteiger partial charge in [-0.2, -0.15) is 0 Å². The van der Waals surface area contributed by atoms with Gasteiger partial charge in [0.2, 0.25) is 0 Å². The summed E-state index contributed by atoms with van der Waals surface area (Å²) in [6, 6.07) is 11.3. The molecule has 6 nitrogen and oxygen atoms in total. The average Bonchev–Trinajstić information content (AvgIpc) is 3.16. The molecule has 1 amide bonds. The molecular weight excluding hydrogens is 286 g/mol. The van der Waals surface area contributed by atoms with Gasteiger partial charge in [0, 0.05) is 12.6 Å². The van der Waals surface area contributed by atoms with Gasteiger partial charge < -0.3 is 19.2 Å². The maximum absolute atomic E-state index is 12.3. The Bertz CT molecular complexity index is 679. The van der Waals surface area contributed by atoms with Gasteiger partial charge in [0.1, 0.15) is 11.8 Å². The van der Waals surface area contributed by atoms with Crippen LogP contribution in [0.2, 0.25) is 0 Å². The quantitative estimate of drug-likeness (QED) is 0.939. The van der Waals surface area contributed by atoms with E-state index in [1.807, 2.05) is 18.2 Å². The van der Waals surface area contributed by atoms with E-state index in [9.17, 15) is 9.59 Å². The Morgan fingerprint density at radius 3 is 2.68 bits per heavy atom. The molecular formula is C16H15NO5. The molecule has 1 aromatic heterocycles. The fourth-order valence-electron chi connectivity index (χ4n) is 2.50. The number of ether oxygens (including phenoxy) is 1. The van der Waals surface area contributed by atoms with E-state index in [0.717, 1.165) is 0 Å². The topological polar surface area (TPSA) is 80.0 Å². The Hall–Kier alpha value is -2.76. The summed E-state index contributed by atoms with van der Waals surface area (Å²) in [5, 5.41) is 9.13. The number of benzene rings is 1. The van der Waals surface area contributed by atoms with Crippen molar-refractivity contribution >= 4 is 11.9 Å². The molecule has 1 aromatic carbocycles. The van der Waals surface area contributed by atoms with Crippen LogP contribution in [0.15, 0.2) is 46.9 Å². The lowest BCUT2D eigenvalue weighted by Gasteiger charge is -2.19. The van der Waals surface area contributed by atoms with E-state index in [1.165, 1.54) is 11.0 Å². The van der Waals surface area contributed by atoms with Crippen molar-refractivity contribution in [2.45, 2.75) is 18.9 Å². The molecule has 1 aliphatic heterocycles. The van der Waals surface area contributed by atoms with E-state index < -0.39 is 17.9 Å². The highest BCUT2D eigenvalue weighted by atomic mass is 16.6. The van der Waals surface area contributed by atoms with Crippen molar-refractivity contribution in [1.29, 1.82) is 0 Å². The lowest BCUT2D eigenvalue weighted by molar-refractivity contribution is -0.141. The molecule has 0 spiro atoms. The lowest BCUT2D eigenvalue weighted by Crippen LogP contribution is -2.40. The summed E-state index contributed by atoms with van der Waals surface area (Å²) in [5.41, 5.74) is 0. The highest BCUT2D eigenvalue weighted by Gasteiger charge is 2.35. The summed E-state index contributed by atoms with van der Waals surface area (Å²) < 4.78 is 10.9. The molecule has 6 heteroatoms. The maximum atomic E-state index is 12.3. The first kappa shape index (κ1) is 14.2. The molecule has 0 unspecified atom stereocenters. The number of aliphatic carboxylic acids is 1. The molecule has 0 aliphatic carbocycles. The second-order valence-corrected chi connectivity index (χ2v) is 5.03. The number of nitrogens with zero attached hydrogens (tertiary/aromatic N) is 1. The molecule has 1 N–H and O–H groups in total. The van der Waals surface area contributed by atoms with Crippen molar-refractivity contribution in [3.63, 3.8) is 0 Å². The number of amides is 1. The molecule has 1 atom stereocenters. The molecule has 1 fully saturated rings. The number of carboxylic acids is 1. The largest absolute Gasteiger partial charge is 0.480 e. The fourth-order valence-corrected chi connectivity index (χ4v) is 2.50. The van der Waals surface area contributed by atoms with E-state index in [0.29, 0.717) is 25.1 Å². The number of likely N-dealkylation sites (tertiary alicyclic amines) is 1. The van der Waals surface area contributed by atoms with E-state index >= 15 is 0 Å². The van der Waals surface area contributed by atoms with E-state index in [4.69, 9.17) is 14.3 Å². The molecule has 0 saturated carbocycles. The Morgan fingerprint density at radius 2 is 1.95 bits per heavy atom. The minimum atomic E-state index is -0.988. The summed E-state index contributed by atoms with van der Waals surface area (Å²) in [6.07, 6.45) is 1.14. The first-order valence-electron chi connectivity index (χ1n) is 7.01. The zero-order valence-electron chi connectivity index (χ0n) is 11.8. The first-order valence-corrected chi connectivity index (χ1v) is 7.01. The number of para-hydroxylation sites is 1. The van der Waals surface area contributed by atoms with Gasteiger partial charge in [-0.15, -0.1) is 0 Å². The van der Waals surface area contributed by atoms with Crippen LogP contribution in [-0.4, -0.2) is 34.5 Å². The molecule has 0 bridgehead atoms. The van der Waals surface area contributed by atoms with Crippen molar-refractivity contribution in [3.05, 3.63) is 48.2 Å². The number of rotatable bonds is 4. The van der Waals surface area contributed by atoms with Crippen LogP contribution >= 0.6 is 0 Å². The number of carbonyl (C=O) groups excluding carboxylic acids is 1. The van der Waals surface area contributed by atoms with E-state index in [1.54, 1.807) is 18.2 Å². The molecule has 114 valence electrons. The summed E-state index contributed by atoms with van der Waals surface area (Å²) in [7, 11) is 0. The van der Waals surface area contributed by atoms with Gasteiger partial charge in [0.15, 0.2) is 5.76 Å². The first-order chi connectivity index (χ1) is 10.6. The monoisotopic (exact) mass is 301 g/mol. The average molecular weight is 301 g/mol. The van der Waals surface area contributed by atoms with Crippen LogP contribution in [0.3, 0.4) is 0 Å². The van der Waals surface area contributed by atoms with Crippen LogP contribution in [0.4, 0.5) is 0 Å². The molecule has 1 saturated heterocycles. The third-order valence-corrected chi connectivity index (χ3v) is 3.55. The Kier molecular flexibility index (Phi) is 3.82. The molecule has 1 aliphatic rings. The van der Waals surface area contributed by atoms with Crippen LogP contribution in [0, 0.1) is 0 Å². The molecule has 22 heavy (non-hydrogen) atoms. The van der Waals surface area contributed by atoms with Crippen molar-refractivity contribution in [2.75, 3.05) is 6.54 Å². The normalized spacial score (nSPS) is 17.5. The molecule has 2 heterocycles. The molecule has 2 aromatic rings. The molecule has 3 rings (SSSR count). The van der Waals surface area contributed by atoms with Gasteiger partial charge in [-0.3, -0.25) is 4.79 Å². The van der Waals surface area contributed by atoms with Crippen molar-refractivity contribution in [2.24, 2.45) is 0 Å². The van der Waals surface area contributed by atoms with Crippen LogP contribution in [0.5, 0.6) is 11.7 Å². The number of hydrogen-bond acceptors (Lipinski definition) is 4. The van der Waals surface area contributed by atoms with Gasteiger partial charge in [-0.1, -0.05) is 18.2 Å². The van der Waals surface area contributed by atoms with Gasteiger partial charge >= 0.3 is 5.97 Å². The van der Waals surface area contributed by atoms with E-state index in [-0.39, 0.29) is 11.7 Å². The Morgan fingerprint density at radius 1 is 1.18 bits per heavy atom. The number of hydrogen-bond donors (Lipinski definition) is 1. The predicted molar refractivity (Wildman–Crippen MR) is 76.9 cm³/mol. The highest BCUT2D eigenvalue weighted by Crippen LogP contribution is 2.26. The zero-order chi connectivity index (χ0) is 15.5. The minimum Gasteiger partial charge on any atom is -0.480 e. The van der Waals surface area contributed by atoms with Gasteiger partial charge in [0.05, 0.1) is 0 Å². The zero-order valence-corrected chi connectivity index (χ0v) is 11.8. The second-order valence-electron chi connectivity index (χ2n) is 5.03. The number of carbonyl (C=O) groups is 2. The third-order valence-electron chi connectivity index (χ3n) is 3.55. The third kappa shape index (κ3) is 2.81.